The number of carbonyl (C=O) groups is 1. The number of carbonyl (C=O) groups excluding carboxylic acids is 1. The molecule has 4 nitrogen and oxygen atoms in total. The highest BCUT2D eigenvalue weighted by atomic mass is 19.4. The van der Waals surface area contributed by atoms with E-state index in [1.807, 2.05) is 0 Å². The number of hydrogen-bond acceptors (Lipinski definition) is 3. The van der Waals surface area contributed by atoms with Crippen LogP contribution in [0.2, 0.25) is 0 Å². The lowest BCUT2D eigenvalue weighted by Crippen LogP contribution is -2.44. The van der Waals surface area contributed by atoms with Crippen LogP contribution in [0.1, 0.15) is 41.7 Å². The summed E-state index contributed by atoms with van der Waals surface area (Å²) in [6.45, 7) is 1.10. The number of pyridine rings is 1. The van der Waals surface area contributed by atoms with Crippen molar-refractivity contribution in [3.05, 3.63) is 29.6 Å². The van der Waals surface area contributed by atoms with E-state index in [0.29, 0.717) is 19.5 Å². The highest BCUT2D eigenvalue weighted by molar-refractivity contribution is 5.94. The SMILES string of the molecule is NCCC1CCCCN1C(=O)c1ccc(C(F)(F)F)nc1. The molecule has 1 aromatic rings. The Bertz CT molecular complexity index is 485. The first-order valence-corrected chi connectivity index (χ1v) is 6.98. The van der Waals surface area contributed by atoms with E-state index in [4.69, 9.17) is 5.73 Å². The van der Waals surface area contributed by atoms with Crippen LogP contribution in [0.15, 0.2) is 18.3 Å². The maximum absolute atomic E-state index is 12.5. The summed E-state index contributed by atoms with van der Waals surface area (Å²) in [6, 6.07) is 2.10. The molecule has 1 aliphatic heterocycles. The maximum atomic E-state index is 12.5. The van der Waals surface area contributed by atoms with Gasteiger partial charge in [-0.15, -0.1) is 0 Å². The van der Waals surface area contributed by atoms with Crippen LogP contribution in [0.4, 0.5) is 13.2 Å². The molecule has 1 fully saturated rings. The molecule has 2 N–H and O–H groups in total. The molecule has 1 unspecified atom stereocenters. The van der Waals surface area contributed by atoms with Crippen molar-refractivity contribution in [2.45, 2.75) is 37.9 Å². The van der Waals surface area contributed by atoms with Crippen molar-refractivity contribution in [2.75, 3.05) is 13.1 Å². The lowest BCUT2D eigenvalue weighted by atomic mass is 9.98. The number of nitrogens with zero attached hydrogens (tertiary/aromatic N) is 2. The summed E-state index contributed by atoms with van der Waals surface area (Å²) >= 11 is 0. The van der Waals surface area contributed by atoms with Crippen molar-refractivity contribution < 1.29 is 18.0 Å². The third-order valence-corrected chi connectivity index (χ3v) is 3.69. The predicted molar refractivity (Wildman–Crippen MR) is 71.6 cm³/mol. The zero-order valence-electron chi connectivity index (χ0n) is 11.6. The van der Waals surface area contributed by atoms with Gasteiger partial charge in [0.05, 0.1) is 5.56 Å². The van der Waals surface area contributed by atoms with E-state index in [-0.39, 0.29) is 17.5 Å². The average molecular weight is 301 g/mol. The van der Waals surface area contributed by atoms with Crippen LogP contribution >= 0.6 is 0 Å². The van der Waals surface area contributed by atoms with Crippen molar-refractivity contribution in [1.29, 1.82) is 0 Å². The summed E-state index contributed by atoms with van der Waals surface area (Å²) < 4.78 is 37.4. The molecule has 0 bridgehead atoms. The number of halogens is 3. The minimum Gasteiger partial charge on any atom is -0.336 e. The molecule has 0 radical (unpaired) electrons. The molecule has 116 valence electrons. The summed E-state index contributed by atoms with van der Waals surface area (Å²) in [5.41, 5.74) is 4.75. The molecule has 1 amide bonds. The minimum absolute atomic E-state index is 0.0681. The van der Waals surface area contributed by atoms with Gasteiger partial charge in [-0.2, -0.15) is 13.2 Å². The van der Waals surface area contributed by atoms with E-state index in [9.17, 15) is 18.0 Å². The molecule has 0 aliphatic carbocycles. The summed E-state index contributed by atoms with van der Waals surface area (Å²) in [5, 5.41) is 0. The number of piperidine rings is 1. The van der Waals surface area contributed by atoms with E-state index in [1.165, 1.54) is 6.07 Å². The van der Waals surface area contributed by atoms with E-state index in [0.717, 1.165) is 31.5 Å². The fourth-order valence-corrected chi connectivity index (χ4v) is 2.61. The van der Waals surface area contributed by atoms with Gasteiger partial charge >= 0.3 is 6.18 Å². The van der Waals surface area contributed by atoms with Crippen LogP contribution in [-0.4, -0.2) is 34.9 Å². The van der Waals surface area contributed by atoms with Crippen LogP contribution in [0.25, 0.3) is 0 Å². The molecule has 0 spiro atoms. The minimum atomic E-state index is -4.49. The van der Waals surface area contributed by atoms with E-state index >= 15 is 0 Å². The Morgan fingerprint density at radius 3 is 2.71 bits per heavy atom. The molecular formula is C14H18F3N3O. The number of rotatable bonds is 3. The lowest BCUT2D eigenvalue weighted by molar-refractivity contribution is -0.141. The van der Waals surface area contributed by atoms with Gasteiger partial charge in [0.2, 0.25) is 0 Å². The van der Waals surface area contributed by atoms with Crippen molar-refractivity contribution in [2.24, 2.45) is 5.73 Å². The number of amides is 1. The van der Waals surface area contributed by atoms with Gasteiger partial charge in [0.15, 0.2) is 0 Å². The van der Waals surface area contributed by atoms with Gasteiger partial charge in [-0.05, 0) is 44.4 Å². The maximum Gasteiger partial charge on any atom is 0.433 e. The van der Waals surface area contributed by atoms with Crippen molar-refractivity contribution in [3.8, 4) is 0 Å². The van der Waals surface area contributed by atoms with Gasteiger partial charge in [0.25, 0.3) is 5.91 Å². The third kappa shape index (κ3) is 3.72. The zero-order valence-corrected chi connectivity index (χ0v) is 11.6. The number of nitrogens with two attached hydrogens (primary N) is 1. The Morgan fingerprint density at radius 2 is 2.14 bits per heavy atom. The van der Waals surface area contributed by atoms with Crippen LogP contribution in [0.3, 0.4) is 0 Å². The number of alkyl halides is 3. The summed E-state index contributed by atoms with van der Waals surface area (Å²) in [6.07, 6.45) is 0.0471. The molecule has 7 heteroatoms. The first-order valence-electron chi connectivity index (χ1n) is 6.98. The van der Waals surface area contributed by atoms with E-state index in [1.54, 1.807) is 4.90 Å². The molecule has 0 saturated carbocycles. The summed E-state index contributed by atoms with van der Waals surface area (Å²) in [4.78, 5) is 17.5. The van der Waals surface area contributed by atoms with E-state index < -0.39 is 11.9 Å². The number of likely N-dealkylation sites (tertiary alicyclic amines) is 1. The van der Waals surface area contributed by atoms with Crippen molar-refractivity contribution in [3.63, 3.8) is 0 Å². The largest absolute Gasteiger partial charge is 0.433 e. The second-order valence-electron chi connectivity index (χ2n) is 5.16. The summed E-state index contributed by atoms with van der Waals surface area (Å²) in [7, 11) is 0. The molecule has 1 atom stereocenters. The number of hydrogen-bond donors (Lipinski definition) is 1. The lowest BCUT2D eigenvalue weighted by Gasteiger charge is -2.35. The van der Waals surface area contributed by atoms with Crippen molar-refractivity contribution in [1.82, 2.24) is 9.88 Å². The van der Waals surface area contributed by atoms with Crippen LogP contribution in [-0.2, 0) is 6.18 Å². The fraction of sp³-hybridized carbons (Fsp3) is 0.571. The highest BCUT2D eigenvalue weighted by Gasteiger charge is 2.33. The van der Waals surface area contributed by atoms with Gasteiger partial charge in [0, 0.05) is 18.8 Å². The molecule has 1 aliphatic rings. The van der Waals surface area contributed by atoms with E-state index in [2.05, 4.69) is 4.98 Å². The molecule has 0 aromatic carbocycles. The topological polar surface area (TPSA) is 59.2 Å². The monoisotopic (exact) mass is 301 g/mol. The first kappa shape index (κ1) is 15.8. The van der Waals surface area contributed by atoms with Gasteiger partial charge < -0.3 is 10.6 Å². The Balaban J connectivity index is 2.14. The van der Waals surface area contributed by atoms with Crippen LogP contribution in [0.5, 0.6) is 0 Å². The van der Waals surface area contributed by atoms with Crippen LogP contribution in [0, 0.1) is 0 Å². The molecule has 2 rings (SSSR count). The Morgan fingerprint density at radius 1 is 1.38 bits per heavy atom. The summed E-state index contributed by atoms with van der Waals surface area (Å²) in [5.74, 6) is -0.269. The Labute approximate surface area is 121 Å². The van der Waals surface area contributed by atoms with Crippen molar-refractivity contribution >= 4 is 5.91 Å². The Kier molecular flexibility index (Phi) is 4.82. The molecule has 1 aromatic heterocycles. The number of aromatic nitrogens is 1. The quantitative estimate of drug-likeness (QED) is 0.933. The van der Waals surface area contributed by atoms with Gasteiger partial charge in [-0.25, -0.2) is 0 Å². The standard InChI is InChI=1S/C14H18F3N3O/c15-14(16,17)12-5-4-10(9-19-12)13(21)20-8-2-1-3-11(20)6-7-18/h4-5,9,11H,1-3,6-8,18H2. The average Bonchev–Trinajstić information content (AvgIpc) is 2.47. The first-order chi connectivity index (χ1) is 9.93. The third-order valence-electron chi connectivity index (χ3n) is 3.69. The van der Waals surface area contributed by atoms with Gasteiger partial charge in [-0.3, -0.25) is 9.78 Å². The van der Waals surface area contributed by atoms with Crippen LogP contribution < -0.4 is 5.73 Å². The van der Waals surface area contributed by atoms with Gasteiger partial charge in [-0.1, -0.05) is 0 Å². The molecule has 2 heterocycles. The fourth-order valence-electron chi connectivity index (χ4n) is 2.61. The second-order valence-corrected chi connectivity index (χ2v) is 5.16. The molecular weight excluding hydrogens is 283 g/mol. The normalized spacial score (nSPS) is 19.6. The smallest absolute Gasteiger partial charge is 0.336 e. The van der Waals surface area contributed by atoms with Gasteiger partial charge in [0.1, 0.15) is 5.69 Å². The zero-order chi connectivity index (χ0) is 15.5. The Hall–Kier alpha value is -1.63. The molecule has 1 saturated heterocycles. The predicted octanol–water partition coefficient (Wildman–Crippen LogP) is 2.44. The molecule has 21 heavy (non-hydrogen) atoms. The highest BCUT2D eigenvalue weighted by Crippen LogP contribution is 2.28. The second kappa shape index (κ2) is 6.43.